The van der Waals surface area contributed by atoms with Gasteiger partial charge in [0.25, 0.3) is 0 Å². The van der Waals surface area contributed by atoms with E-state index in [9.17, 15) is 24.3 Å². The van der Waals surface area contributed by atoms with Crippen molar-refractivity contribution in [1.82, 2.24) is 0 Å². The lowest BCUT2D eigenvalue weighted by Crippen LogP contribution is -2.66. The van der Waals surface area contributed by atoms with Crippen LogP contribution in [0, 0.1) is 57.2 Å². The van der Waals surface area contributed by atoms with Crippen molar-refractivity contribution in [1.29, 1.82) is 0 Å². The number of esters is 1. The van der Waals surface area contributed by atoms with E-state index in [2.05, 4.69) is 27.7 Å². The molecule has 0 aromatic carbocycles. The molecule has 43 heavy (non-hydrogen) atoms. The largest absolute Gasteiger partial charge is 0.519 e. The predicted octanol–water partition coefficient (Wildman–Crippen LogP) is 7.02. The summed E-state index contributed by atoms with van der Waals surface area (Å²) in [5.41, 5.74) is -1.25. The Bertz CT molecular complexity index is 1470. The number of aliphatic carboxylic acids is 1. The third-order valence-electron chi connectivity index (χ3n) is 14.2. The number of fused-ring (bicyclic) bond motifs is 7. The van der Waals surface area contributed by atoms with E-state index >= 15 is 0 Å². The van der Waals surface area contributed by atoms with Gasteiger partial charge in [-0.2, -0.15) is 0 Å². The zero-order valence-electron chi connectivity index (χ0n) is 26.9. The van der Waals surface area contributed by atoms with Crippen molar-refractivity contribution in [3.05, 3.63) is 33.8 Å². The molecule has 0 unspecified atom stereocenters. The summed E-state index contributed by atoms with van der Waals surface area (Å²) < 4.78 is 15.8. The maximum Gasteiger partial charge on any atom is 0.519 e. The van der Waals surface area contributed by atoms with Gasteiger partial charge in [0.1, 0.15) is 0 Å². The summed E-state index contributed by atoms with van der Waals surface area (Å²) in [6.07, 6.45) is 10.1. The van der Waals surface area contributed by atoms with Crippen LogP contribution in [0.1, 0.15) is 117 Å². The first kappa shape index (κ1) is 30.4. The fourth-order valence-electron chi connectivity index (χ4n) is 11.2. The number of carbonyl (C=O) groups excluding carboxylic acids is 2. The number of ether oxygens (including phenoxy) is 1. The van der Waals surface area contributed by atoms with Crippen LogP contribution in [0.2, 0.25) is 0 Å². The summed E-state index contributed by atoms with van der Waals surface area (Å²) >= 11 is 0. The van der Waals surface area contributed by atoms with E-state index in [0.29, 0.717) is 25.0 Å². The number of allylic oxidation sites excluding steroid dienone is 2. The van der Waals surface area contributed by atoms with E-state index < -0.39 is 22.6 Å². The number of carbonyl (C=O) groups is 3. The summed E-state index contributed by atoms with van der Waals surface area (Å²) in [6.45, 7) is 14.5. The highest BCUT2D eigenvalue weighted by Gasteiger charge is 2.70. The number of rotatable bonds is 4. The lowest BCUT2D eigenvalue weighted by Gasteiger charge is -2.70. The zero-order valence-corrected chi connectivity index (χ0v) is 26.9. The molecule has 4 saturated carbocycles. The van der Waals surface area contributed by atoms with Gasteiger partial charge in [-0.05, 0) is 118 Å². The minimum Gasteiger partial charge on any atom is -0.481 e. The molecule has 1 aromatic rings. The highest BCUT2D eigenvalue weighted by Crippen LogP contribution is 2.75. The maximum absolute atomic E-state index is 14.5. The van der Waals surface area contributed by atoms with Crippen LogP contribution in [-0.2, 0) is 25.7 Å². The van der Waals surface area contributed by atoms with Gasteiger partial charge in [0.2, 0.25) is 0 Å². The molecule has 5 aliphatic carbocycles. The number of hydrogen-bond donors (Lipinski definition) is 1. The molecular formula is C35H48O8. The third-order valence-corrected chi connectivity index (χ3v) is 14.2. The number of aryl methyl sites for hydroxylation is 1. The summed E-state index contributed by atoms with van der Waals surface area (Å²) in [7, 11) is 0. The maximum atomic E-state index is 14.5. The number of carboxylic acid groups (broad SMARTS) is 1. The summed E-state index contributed by atoms with van der Waals surface area (Å²) in [5.74, 6) is -1.37. The molecule has 0 aliphatic heterocycles. The molecule has 0 spiro atoms. The normalized spacial score (nSPS) is 45.6. The fourth-order valence-corrected chi connectivity index (χ4v) is 11.2. The molecule has 236 valence electrons. The molecule has 1 N–H and O–H groups in total. The molecular weight excluding hydrogens is 548 g/mol. The molecule has 1 heterocycles. The van der Waals surface area contributed by atoms with Gasteiger partial charge in [0.15, 0.2) is 23.9 Å². The lowest BCUT2D eigenvalue weighted by molar-refractivity contribution is -0.200. The Morgan fingerprint density at radius 2 is 1.65 bits per heavy atom. The molecule has 9 atom stereocenters. The molecule has 5 aliphatic rings. The van der Waals surface area contributed by atoms with Gasteiger partial charge in [-0.3, -0.25) is 14.4 Å². The van der Waals surface area contributed by atoms with E-state index in [-0.39, 0.29) is 63.5 Å². The lowest BCUT2D eigenvalue weighted by atomic mass is 9.33. The van der Waals surface area contributed by atoms with Crippen molar-refractivity contribution >= 4 is 17.7 Å². The monoisotopic (exact) mass is 596 g/mol. The van der Waals surface area contributed by atoms with E-state index in [1.165, 1.54) is 5.57 Å². The summed E-state index contributed by atoms with van der Waals surface area (Å²) in [6, 6.07) is 0. The minimum absolute atomic E-state index is 0.00450. The summed E-state index contributed by atoms with van der Waals surface area (Å²) in [4.78, 5) is 52.2. The molecule has 8 nitrogen and oxygen atoms in total. The molecule has 0 radical (unpaired) electrons. The number of hydrogen-bond acceptors (Lipinski definition) is 7. The van der Waals surface area contributed by atoms with Crippen LogP contribution < -0.4 is 5.82 Å². The van der Waals surface area contributed by atoms with Gasteiger partial charge in [-0.25, -0.2) is 4.79 Å². The van der Waals surface area contributed by atoms with Crippen LogP contribution in [0.3, 0.4) is 0 Å². The molecule has 4 fully saturated rings. The van der Waals surface area contributed by atoms with E-state index in [4.69, 9.17) is 13.6 Å². The van der Waals surface area contributed by atoms with E-state index in [1.54, 1.807) is 6.92 Å². The van der Waals surface area contributed by atoms with Crippen molar-refractivity contribution in [2.24, 2.45) is 50.2 Å². The fraction of sp³-hybridized carbons (Fsp3) is 0.771. The van der Waals surface area contributed by atoms with Crippen LogP contribution in [0.25, 0.3) is 0 Å². The average Bonchev–Trinajstić information content (AvgIpc) is 3.25. The van der Waals surface area contributed by atoms with Crippen LogP contribution in [0.15, 0.2) is 25.3 Å². The first-order valence-corrected chi connectivity index (χ1v) is 16.2. The second-order valence-corrected chi connectivity index (χ2v) is 16.3. The second-order valence-electron chi connectivity index (χ2n) is 16.3. The molecule has 0 saturated heterocycles. The Balaban J connectivity index is 1.35. The second kappa shape index (κ2) is 9.43. The van der Waals surface area contributed by atoms with Gasteiger partial charge in [0, 0.05) is 5.92 Å². The Kier molecular flexibility index (Phi) is 6.67. The summed E-state index contributed by atoms with van der Waals surface area (Å²) in [5, 5.41) is 10.1. The van der Waals surface area contributed by atoms with Crippen molar-refractivity contribution < 1.29 is 33.1 Å². The van der Waals surface area contributed by atoms with Gasteiger partial charge in [-0.1, -0.05) is 39.7 Å². The van der Waals surface area contributed by atoms with Crippen LogP contribution >= 0.6 is 0 Å². The Labute approximate surface area is 254 Å². The molecule has 8 heteroatoms. The molecule has 6 rings (SSSR count). The molecule has 0 amide bonds. The van der Waals surface area contributed by atoms with Crippen LogP contribution in [0.4, 0.5) is 0 Å². The van der Waals surface area contributed by atoms with E-state index in [0.717, 1.165) is 44.9 Å². The van der Waals surface area contributed by atoms with Gasteiger partial charge >= 0.3 is 17.8 Å². The topological polar surface area (TPSA) is 124 Å². The van der Waals surface area contributed by atoms with Crippen molar-refractivity contribution in [3.8, 4) is 0 Å². The zero-order chi connectivity index (χ0) is 31.4. The highest BCUT2D eigenvalue weighted by molar-refractivity contribution is 5.96. The smallest absolute Gasteiger partial charge is 0.481 e. The standard InChI is InChI=1S/C35H48O8/c1-20-24(43-29(40)42-20)19-41-28(39)33(5)11-8-10-32(4)25(33)9-12-35(7)26(32)23(36)17-21-22-18-31(3,27(37)38)14-13-30(22,2)15-16-34(21,35)6/h17,22,25-26H,8-16,18-19H2,1-7H3,(H,37,38)/t22-,25+,26+,30+,31-,32-,33+,34+,35+/m0/s1. The predicted molar refractivity (Wildman–Crippen MR) is 158 cm³/mol. The van der Waals surface area contributed by atoms with Gasteiger partial charge in [0.05, 0.1) is 10.8 Å². The van der Waals surface area contributed by atoms with Crippen LogP contribution in [-0.4, -0.2) is 22.8 Å². The molecule has 1 aromatic heterocycles. The quantitative estimate of drug-likeness (QED) is 0.368. The van der Waals surface area contributed by atoms with Crippen molar-refractivity contribution in [2.75, 3.05) is 0 Å². The van der Waals surface area contributed by atoms with Crippen LogP contribution in [0.5, 0.6) is 0 Å². The number of carboxylic acids is 1. The van der Waals surface area contributed by atoms with Gasteiger partial charge < -0.3 is 18.7 Å². The Hall–Kier alpha value is -2.64. The Morgan fingerprint density at radius 1 is 0.953 bits per heavy atom. The first-order chi connectivity index (χ1) is 19.9. The van der Waals surface area contributed by atoms with E-state index in [1.807, 2.05) is 19.9 Å². The highest BCUT2D eigenvalue weighted by atomic mass is 16.6. The van der Waals surface area contributed by atoms with Crippen molar-refractivity contribution in [2.45, 2.75) is 119 Å². The van der Waals surface area contributed by atoms with Crippen molar-refractivity contribution in [3.63, 3.8) is 0 Å². The Morgan fingerprint density at radius 3 is 2.30 bits per heavy atom. The van der Waals surface area contributed by atoms with Gasteiger partial charge in [-0.15, -0.1) is 0 Å². The first-order valence-electron chi connectivity index (χ1n) is 16.2. The minimum atomic E-state index is -0.813. The number of ketones is 1. The molecule has 0 bridgehead atoms. The third kappa shape index (κ3) is 4.06. The average molecular weight is 597 g/mol. The SMILES string of the molecule is Cc1oc(=O)oc1COC(=O)[C@]1(C)CCC[C@@]2(C)[C@H]1CC[C@]1(C)[C@@H]2C(=O)C=C2[C@@H]3C[C@@](C)(C(=O)O)CC[C@]3(C)CC[C@]21C.